The maximum absolute atomic E-state index is 12.2. The maximum Gasteiger partial charge on any atom is 0.262 e. The van der Waals surface area contributed by atoms with Gasteiger partial charge in [0.05, 0.1) is 0 Å². The second kappa shape index (κ2) is 9.60. The third-order valence-electron chi connectivity index (χ3n) is 5.45. The van der Waals surface area contributed by atoms with E-state index >= 15 is 0 Å². The number of carbonyl (C=O) groups is 1. The molecule has 0 spiro atoms. The molecule has 1 aliphatic heterocycles. The van der Waals surface area contributed by atoms with Gasteiger partial charge in [0.15, 0.2) is 6.61 Å². The van der Waals surface area contributed by atoms with Crippen molar-refractivity contribution in [3.63, 3.8) is 0 Å². The van der Waals surface area contributed by atoms with E-state index in [1.54, 1.807) is 0 Å². The number of nitrogens with one attached hydrogen (secondary N) is 1. The molecule has 2 aromatic carbocycles. The summed E-state index contributed by atoms with van der Waals surface area (Å²) in [6.45, 7) is 8.61. The SMILES string of the molecule is CC[C@H](C)c1ccc(OCC(=O)Nc2ccc(N3CCN(C)CC3)cc2)cc1. The highest BCUT2D eigenvalue weighted by Crippen LogP contribution is 2.22. The number of rotatable bonds is 7. The minimum absolute atomic E-state index is 0.00287. The Labute approximate surface area is 168 Å². The van der Waals surface area contributed by atoms with Crippen LogP contribution >= 0.6 is 0 Å². The normalized spacial score (nSPS) is 15.9. The van der Waals surface area contributed by atoms with Gasteiger partial charge in [-0.25, -0.2) is 0 Å². The van der Waals surface area contributed by atoms with Gasteiger partial charge < -0.3 is 19.9 Å². The first-order valence-electron chi connectivity index (χ1n) is 10.1. The fourth-order valence-corrected chi connectivity index (χ4v) is 3.29. The number of likely N-dealkylation sites (N-methyl/N-ethyl adjacent to an activating group) is 1. The molecular weight excluding hydrogens is 350 g/mol. The van der Waals surface area contributed by atoms with Crippen LogP contribution in [0, 0.1) is 0 Å². The highest BCUT2D eigenvalue weighted by atomic mass is 16.5. The molecule has 1 saturated heterocycles. The molecule has 1 amide bonds. The molecule has 0 aliphatic carbocycles. The van der Waals surface area contributed by atoms with Crippen LogP contribution in [0.1, 0.15) is 31.7 Å². The predicted octanol–water partition coefficient (Wildman–Crippen LogP) is 3.97. The lowest BCUT2D eigenvalue weighted by molar-refractivity contribution is -0.118. The van der Waals surface area contributed by atoms with E-state index in [-0.39, 0.29) is 12.5 Å². The lowest BCUT2D eigenvalue weighted by Crippen LogP contribution is -2.44. The Morgan fingerprint density at radius 1 is 1.04 bits per heavy atom. The van der Waals surface area contributed by atoms with Gasteiger partial charge in [0.2, 0.25) is 0 Å². The molecule has 0 aromatic heterocycles. The van der Waals surface area contributed by atoms with Crippen LogP contribution in [0.25, 0.3) is 0 Å². The van der Waals surface area contributed by atoms with Gasteiger partial charge in [0.25, 0.3) is 5.91 Å². The van der Waals surface area contributed by atoms with Crippen LogP contribution in [0.3, 0.4) is 0 Å². The first-order valence-corrected chi connectivity index (χ1v) is 10.1. The fourth-order valence-electron chi connectivity index (χ4n) is 3.29. The van der Waals surface area contributed by atoms with E-state index in [0.717, 1.165) is 38.3 Å². The lowest BCUT2D eigenvalue weighted by Gasteiger charge is -2.34. The number of benzene rings is 2. The van der Waals surface area contributed by atoms with Gasteiger partial charge in [0, 0.05) is 37.6 Å². The van der Waals surface area contributed by atoms with Crippen molar-refractivity contribution in [1.82, 2.24) is 4.90 Å². The number of hydrogen-bond donors (Lipinski definition) is 1. The molecule has 0 unspecified atom stereocenters. The zero-order chi connectivity index (χ0) is 19.9. The summed E-state index contributed by atoms with van der Waals surface area (Å²) < 4.78 is 5.61. The minimum atomic E-state index is -0.154. The Hall–Kier alpha value is -2.53. The van der Waals surface area contributed by atoms with Crippen molar-refractivity contribution in [2.24, 2.45) is 0 Å². The Bertz CT molecular complexity index is 750. The average molecular weight is 382 g/mol. The van der Waals surface area contributed by atoms with E-state index in [2.05, 4.69) is 60.3 Å². The van der Waals surface area contributed by atoms with Crippen molar-refractivity contribution in [3.05, 3.63) is 54.1 Å². The molecule has 1 aliphatic rings. The molecule has 0 radical (unpaired) electrons. The number of anilines is 2. The van der Waals surface area contributed by atoms with Crippen LogP contribution in [-0.2, 0) is 4.79 Å². The van der Waals surface area contributed by atoms with Crippen LogP contribution in [-0.4, -0.2) is 50.6 Å². The van der Waals surface area contributed by atoms with Gasteiger partial charge in [0.1, 0.15) is 5.75 Å². The molecule has 150 valence electrons. The predicted molar refractivity (Wildman–Crippen MR) is 115 cm³/mol. The Balaban J connectivity index is 1.47. The van der Waals surface area contributed by atoms with Crippen molar-refractivity contribution in [1.29, 1.82) is 0 Å². The monoisotopic (exact) mass is 381 g/mol. The van der Waals surface area contributed by atoms with E-state index in [1.165, 1.54) is 11.3 Å². The summed E-state index contributed by atoms with van der Waals surface area (Å²) in [7, 11) is 2.15. The molecular formula is C23H31N3O2. The number of carbonyl (C=O) groups excluding carboxylic acids is 1. The smallest absolute Gasteiger partial charge is 0.262 e. The van der Waals surface area contributed by atoms with Crippen LogP contribution < -0.4 is 15.0 Å². The quantitative estimate of drug-likeness (QED) is 0.788. The minimum Gasteiger partial charge on any atom is -0.484 e. The molecule has 0 bridgehead atoms. The fraction of sp³-hybridized carbons (Fsp3) is 0.435. The van der Waals surface area contributed by atoms with Gasteiger partial charge in [-0.15, -0.1) is 0 Å². The summed E-state index contributed by atoms with van der Waals surface area (Å²) in [5.41, 5.74) is 3.28. The number of piperazine rings is 1. The molecule has 0 saturated carbocycles. The summed E-state index contributed by atoms with van der Waals surface area (Å²) in [6, 6.07) is 16.0. The summed E-state index contributed by atoms with van der Waals surface area (Å²) >= 11 is 0. The lowest BCUT2D eigenvalue weighted by atomic mass is 9.99. The van der Waals surface area contributed by atoms with E-state index in [0.29, 0.717) is 11.7 Å². The van der Waals surface area contributed by atoms with Crippen LogP contribution in [0.4, 0.5) is 11.4 Å². The van der Waals surface area contributed by atoms with Gasteiger partial charge in [-0.05, 0) is 61.3 Å². The van der Waals surface area contributed by atoms with E-state index in [1.807, 2.05) is 24.3 Å². The number of nitrogens with zero attached hydrogens (tertiary/aromatic N) is 2. The van der Waals surface area contributed by atoms with E-state index in [4.69, 9.17) is 4.74 Å². The van der Waals surface area contributed by atoms with Crippen LogP contribution in [0.15, 0.2) is 48.5 Å². The van der Waals surface area contributed by atoms with Crippen molar-refractivity contribution in [2.45, 2.75) is 26.2 Å². The summed E-state index contributed by atoms with van der Waals surface area (Å²) in [5, 5.41) is 2.90. The van der Waals surface area contributed by atoms with Gasteiger partial charge in [-0.3, -0.25) is 4.79 Å². The van der Waals surface area contributed by atoms with Gasteiger partial charge in [-0.1, -0.05) is 26.0 Å². The van der Waals surface area contributed by atoms with E-state index < -0.39 is 0 Å². The third kappa shape index (κ3) is 5.49. The van der Waals surface area contributed by atoms with Gasteiger partial charge in [-0.2, -0.15) is 0 Å². The largest absolute Gasteiger partial charge is 0.484 e. The highest BCUT2D eigenvalue weighted by Gasteiger charge is 2.14. The van der Waals surface area contributed by atoms with Crippen molar-refractivity contribution in [2.75, 3.05) is 50.1 Å². The van der Waals surface area contributed by atoms with Crippen molar-refractivity contribution >= 4 is 17.3 Å². The van der Waals surface area contributed by atoms with Crippen molar-refractivity contribution in [3.8, 4) is 5.75 Å². The molecule has 1 N–H and O–H groups in total. The Morgan fingerprint density at radius 2 is 1.68 bits per heavy atom. The number of amides is 1. The number of hydrogen-bond acceptors (Lipinski definition) is 4. The Morgan fingerprint density at radius 3 is 2.29 bits per heavy atom. The first-order chi connectivity index (χ1) is 13.5. The standard InChI is InChI=1S/C23H31N3O2/c1-4-18(2)19-5-11-22(12-6-19)28-17-23(27)24-20-7-9-21(10-8-20)26-15-13-25(3)14-16-26/h5-12,18H,4,13-17H2,1-3H3,(H,24,27)/t18-/m0/s1. The molecule has 1 fully saturated rings. The molecule has 1 heterocycles. The van der Waals surface area contributed by atoms with E-state index in [9.17, 15) is 4.79 Å². The van der Waals surface area contributed by atoms with Crippen molar-refractivity contribution < 1.29 is 9.53 Å². The highest BCUT2D eigenvalue weighted by molar-refractivity contribution is 5.92. The second-order valence-electron chi connectivity index (χ2n) is 7.55. The van der Waals surface area contributed by atoms with Gasteiger partial charge >= 0.3 is 0 Å². The molecule has 5 heteroatoms. The molecule has 2 aromatic rings. The molecule has 28 heavy (non-hydrogen) atoms. The first kappa shape index (κ1) is 20.2. The van der Waals surface area contributed by atoms with Crippen LogP contribution in [0.5, 0.6) is 5.75 Å². The maximum atomic E-state index is 12.2. The third-order valence-corrected chi connectivity index (χ3v) is 5.45. The summed E-state index contributed by atoms with van der Waals surface area (Å²) in [4.78, 5) is 16.9. The zero-order valence-corrected chi connectivity index (χ0v) is 17.1. The number of ether oxygens (including phenoxy) is 1. The molecule has 3 rings (SSSR count). The second-order valence-corrected chi connectivity index (χ2v) is 7.55. The average Bonchev–Trinajstić information content (AvgIpc) is 2.73. The van der Waals surface area contributed by atoms with Crippen LogP contribution in [0.2, 0.25) is 0 Å². The summed E-state index contributed by atoms with van der Waals surface area (Å²) in [6.07, 6.45) is 1.11. The molecule has 5 nitrogen and oxygen atoms in total. The zero-order valence-electron chi connectivity index (χ0n) is 17.1. The summed E-state index contributed by atoms with van der Waals surface area (Å²) in [5.74, 6) is 1.09. The molecule has 1 atom stereocenters. The topological polar surface area (TPSA) is 44.8 Å². The Kier molecular flexibility index (Phi) is 6.93.